The molecule has 2 amide bonds. The zero-order valence-corrected chi connectivity index (χ0v) is 18.8. The van der Waals surface area contributed by atoms with Crippen LogP contribution in [0.15, 0.2) is 36.9 Å². The Labute approximate surface area is 189 Å². The SMILES string of the molecule is C[C@H](NC(=O)CCCNC(=O)C12CC3CC(CC(C3)C1)C2)c1ccc(-n2cncn2)cc1. The van der Waals surface area contributed by atoms with Crippen molar-refractivity contribution in [2.45, 2.75) is 64.3 Å². The highest BCUT2D eigenvalue weighted by Gasteiger charge is 2.54. The summed E-state index contributed by atoms with van der Waals surface area (Å²) in [5, 5.41) is 10.3. The summed E-state index contributed by atoms with van der Waals surface area (Å²) in [7, 11) is 0. The van der Waals surface area contributed by atoms with Crippen LogP contribution >= 0.6 is 0 Å². The van der Waals surface area contributed by atoms with Crippen molar-refractivity contribution < 1.29 is 9.59 Å². The molecule has 1 aromatic carbocycles. The molecule has 4 aliphatic carbocycles. The summed E-state index contributed by atoms with van der Waals surface area (Å²) in [5.41, 5.74) is 1.86. The van der Waals surface area contributed by atoms with Gasteiger partial charge in [0.15, 0.2) is 0 Å². The average molecular weight is 436 g/mol. The van der Waals surface area contributed by atoms with E-state index in [4.69, 9.17) is 0 Å². The number of hydrogen-bond acceptors (Lipinski definition) is 4. The van der Waals surface area contributed by atoms with Crippen molar-refractivity contribution in [3.8, 4) is 5.69 Å². The molecular formula is C25H33N5O2. The number of amides is 2. The van der Waals surface area contributed by atoms with Crippen LogP contribution in [0.1, 0.15) is 69.9 Å². The molecule has 7 nitrogen and oxygen atoms in total. The number of nitrogens with one attached hydrogen (secondary N) is 2. The Morgan fingerprint density at radius 2 is 1.75 bits per heavy atom. The van der Waals surface area contributed by atoms with Crippen molar-refractivity contribution in [2.24, 2.45) is 23.2 Å². The summed E-state index contributed by atoms with van der Waals surface area (Å²) in [5.74, 6) is 2.57. The van der Waals surface area contributed by atoms with Crippen LogP contribution in [0.4, 0.5) is 0 Å². The van der Waals surface area contributed by atoms with E-state index in [1.54, 1.807) is 11.0 Å². The summed E-state index contributed by atoms with van der Waals surface area (Å²) in [4.78, 5) is 29.4. The molecule has 1 aromatic heterocycles. The van der Waals surface area contributed by atoms with E-state index >= 15 is 0 Å². The van der Waals surface area contributed by atoms with Crippen LogP contribution in [0.2, 0.25) is 0 Å². The van der Waals surface area contributed by atoms with Gasteiger partial charge < -0.3 is 10.6 Å². The van der Waals surface area contributed by atoms with Crippen molar-refractivity contribution in [1.29, 1.82) is 0 Å². The fraction of sp³-hybridized carbons (Fsp3) is 0.600. The van der Waals surface area contributed by atoms with Crippen LogP contribution in [0.3, 0.4) is 0 Å². The van der Waals surface area contributed by atoms with Crippen molar-refractivity contribution >= 4 is 11.8 Å². The Hall–Kier alpha value is -2.70. The molecule has 0 unspecified atom stereocenters. The summed E-state index contributed by atoms with van der Waals surface area (Å²) in [6.07, 6.45) is 11.5. The molecule has 0 spiro atoms. The first-order chi connectivity index (χ1) is 15.5. The molecule has 0 aliphatic heterocycles. The van der Waals surface area contributed by atoms with Crippen molar-refractivity contribution in [3.05, 3.63) is 42.5 Å². The second-order valence-corrected chi connectivity index (χ2v) is 10.3. The smallest absolute Gasteiger partial charge is 0.226 e. The summed E-state index contributed by atoms with van der Waals surface area (Å²) >= 11 is 0. The first-order valence-electron chi connectivity index (χ1n) is 12.0. The van der Waals surface area contributed by atoms with Gasteiger partial charge in [-0.2, -0.15) is 5.10 Å². The molecule has 2 N–H and O–H groups in total. The number of aromatic nitrogens is 3. The molecule has 170 valence electrons. The van der Waals surface area contributed by atoms with Crippen LogP contribution in [0.5, 0.6) is 0 Å². The highest BCUT2D eigenvalue weighted by molar-refractivity contribution is 5.83. The Kier molecular flexibility index (Phi) is 5.74. The standard InChI is InChI=1S/C25H33N5O2/c1-17(21-4-6-22(7-5-21)30-16-26-15-28-30)29-23(31)3-2-8-27-24(32)25-12-18-9-19(13-25)11-20(10-18)14-25/h4-7,15-20H,2-3,8-14H2,1H3,(H,27,32)(H,29,31)/t17-,18?,19?,20?,25?/m0/s1. The van der Waals surface area contributed by atoms with E-state index < -0.39 is 0 Å². The average Bonchev–Trinajstić information content (AvgIpc) is 3.31. The van der Waals surface area contributed by atoms with E-state index in [-0.39, 0.29) is 23.3 Å². The van der Waals surface area contributed by atoms with Gasteiger partial charge in [-0.15, -0.1) is 0 Å². The number of hydrogen-bond donors (Lipinski definition) is 2. The van der Waals surface area contributed by atoms with Gasteiger partial charge in [0.05, 0.1) is 11.7 Å². The molecular weight excluding hydrogens is 402 g/mol. The molecule has 1 heterocycles. The van der Waals surface area contributed by atoms with Crippen LogP contribution in [-0.4, -0.2) is 33.1 Å². The lowest BCUT2D eigenvalue weighted by molar-refractivity contribution is -0.146. The normalized spacial score (nSPS) is 29.0. The molecule has 2 aromatic rings. The maximum absolute atomic E-state index is 13.0. The van der Waals surface area contributed by atoms with Crippen LogP contribution in [0, 0.1) is 23.2 Å². The fourth-order valence-corrected chi connectivity index (χ4v) is 6.68. The first kappa shape index (κ1) is 21.2. The van der Waals surface area contributed by atoms with Gasteiger partial charge in [0, 0.05) is 18.4 Å². The van der Waals surface area contributed by atoms with Gasteiger partial charge in [0.25, 0.3) is 0 Å². The Morgan fingerprint density at radius 3 is 2.34 bits per heavy atom. The highest BCUT2D eigenvalue weighted by Crippen LogP contribution is 2.60. The second kappa shape index (κ2) is 8.68. The molecule has 4 bridgehead atoms. The Bertz CT molecular complexity index is 918. The van der Waals surface area contributed by atoms with E-state index in [9.17, 15) is 9.59 Å². The third-order valence-corrected chi connectivity index (χ3v) is 7.84. The molecule has 4 saturated carbocycles. The van der Waals surface area contributed by atoms with Crippen LogP contribution < -0.4 is 10.6 Å². The fourth-order valence-electron chi connectivity index (χ4n) is 6.68. The summed E-state index contributed by atoms with van der Waals surface area (Å²) in [6, 6.07) is 7.84. The molecule has 4 fully saturated rings. The van der Waals surface area contributed by atoms with Crippen LogP contribution in [-0.2, 0) is 9.59 Å². The van der Waals surface area contributed by atoms with E-state index in [1.807, 2.05) is 31.2 Å². The van der Waals surface area contributed by atoms with Gasteiger partial charge in [0.2, 0.25) is 11.8 Å². The van der Waals surface area contributed by atoms with E-state index in [2.05, 4.69) is 20.7 Å². The molecule has 0 radical (unpaired) electrons. The quantitative estimate of drug-likeness (QED) is 0.621. The molecule has 1 atom stereocenters. The lowest BCUT2D eigenvalue weighted by atomic mass is 9.49. The lowest BCUT2D eigenvalue weighted by Gasteiger charge is -2.55. The molecule has 6 rings (SSSR count). The maximum Gasteiger partial charge on any atom is 0.226 e. The van der Waals surface area contributed by atoms with Gasteiger partial charge in [-0.25, -0.2) is 9.67 Å². The third-order valence-electron chi connectivity index (χ3n) is 7.84. The van der Waals surface area contributed by atoms with E-state index in [0.717, 1.165) is 48.3 Å². The van der Waals surface area contributed by atoms with Crippen molar-refractivity contribution in [3.63, 3.8) is 0 Å². The Morgan fingerprint density at radius 1 is 1.09 bits per heavy atom. The van der Waals surface area contributed by atoms with Gasteiger partial charge in [-0.1, -0.05) is 12.1 Å². The summed E-state index contributed by atoms with van der Waals surface area (Å²) in [6.45, 7) is 2.56. The van der Waals surface area contributed by atoms with E-state index in [0.29, 0.717) is 19.4 Å². The predicted octanol–water partition coefficient (Wildman–Crippen LogP) is 3.56. The number of carbonyl (C=O) groups excluding carboxylic acids is 2. The topological polar surface area (TPSA) is 88.9 Å². The second-order valence-electron chi connectivity index (χ2n) is 10.3. The van der Waals surface area contributed by atoms with Crippen LogP contribution in [0.25, 0.3) is 5.69 Å². The zero-order valence-electron chi connectivity index (χ0n) is 18.8. The number of carbonyl (C=O) groups is 2. The molecule has 32 heavy (non-hydrogen) atoms. The number of benzene rings is 1. The van der Waals surface area contributed by atoms with Crippen molar-refractivity contribution in [1.82, 2.24) is 25.4 Å². The number of rotatable bonds is 8. The first-order valence-corrected chi connectivity index (χ1v) is 12.0. The van der Waals surface area contributed by atoms with Gasteiger partial charge in [0.1, 0.15) is 12.7 Å². The largest absolute Gasteiger partial charge is 0.356 e. The third kappa shape index (κ3) is 4.30. The minimum Gasteiger partial charge on any atom is -0.356 e. The van der Waals surface area contributed by atoms with Gasteiger partial charge >= 0.3 is 0 Å². The zero-order chi connectivity index (χ0) is 22.1. The molecule has 4 aliphatic rings. The predicted molar refractivity (Wildman–Crippen MR) is 121 cm³/mol. The minimum absolute atomic E-state index is 0.0157. The van der Waals surface area contributed by atoms with E-state index in [1.165, 1.54) is 25.6 Å². The lowest BCUT2D eigenvalue weighted by Crippen LogP contribution is -2.53. The molecule has 0 saturated heterocycles. The van der Waals surface area contributed by atoms with Crippen molar-refractivity contribution in [2.75, 3.05) is 6.54 Å². The minimum atomic E-state index is -0.107. The Balaban J connectivity index is 1.05. The highest BCUT2D eigenvalue weighted by atomic mass is 16.2. The maximum atomic E-state index is 13.0. The monoisotopic (exact) mass is 435 g/mol. The van der Waals surface area contributed by atoms with Gasteiger partial charge in [-0.05, 0) is 87.3 Å². The summed E-state index contributed by atoms with van der Waals surface area (Å²) < 4.78 is 1.70. The molecule has 7 heteroatoms. The van der Waals surface area contributed by atoms with Gasteiger partial charge in [-0.3, -0.25) is 9.59 Å². The number of nitrogens with zero attached hydrogens (tertiary/aromatic N) is 3.